The van der Waals surface area contributed by atoms with E-state index in [1.54, 1.807) is 5.57 Å². The molecule has 5 aliphatic carbocycles. The Hall–Kier alpha value is -1.58. The van der Waals surface area contributed by atoms with Gasteiger partial charge < -0.3 is 9.84 Å². The van der Waals surface area contributed by atoms with Gasteiger partial charge in [-0.25, -0.2) is 0 Å². The average molecular weight is 497 g/mol. The Morgan fingerprint density at radius 2 is 1.58 bits per heavy atom. The number of carbonyl (C=O) groups is 2. The monoisotopic (exact) mass is 496 g/mol. The fraction of sp³-hybridized carbons (Fsp3) is 0.812. The third kappa shape index (κ3) is 3.11. The second kappa shape index (κ2) is 7.96. The lowest BCUT2D eigenvalue weighted by atomic mass is 9.35. The number of hydrogen-bond acceptors (Lipinski definition) is 3. The topological polar surface area (TPSA) is 63.6 Å². The Balaban J connectivity index is 1.62. The lowest BCUT2D eigenvalue weighted by molar-refractivity contribution is -0.192. The molecule has 0 aromatic heterocycles. The third-order valence-electron chi connectivity index (χ3n) is 13.2. The number of allylic oxidation sites excluding steroid dienone is 4. The fourth-order valence-corrected chi connectivity index (χ4v) is 10.5. The molecule has 4 fully saturated rings. The van der Waals surface area contributed by atoms with E-state index >= 15 is 0 Å². The van der Waals surface area contributed by atoms with Crippen molar-refractivity contribution < 1.29 is 19.4 Å². The van der Waals surface area contributed by atoms with Gasteiger partial charge in [-0.15, -0.1) is 0 Å². The maximum absolute atomic E-state index is 12.8. The van der Waals surface area contributed by atoms with Gasteiger partial charge in [-0.3, -0.25) is 9.59 Å². The molecule has 0 aromatic carbocycles. The highest BCUT2D eigenvalue weighted by Crippen LogP contribution is 2.74. The molecule has 5 aliphatic rings. The van der Waals surface area contributed by atoms with Crippen LogP contribution in [0.1, 0.15) is 107 Å². The minimum Gasteiger partial charge on any atom is -0.481 e. The summed E-state index contributed by atoms with van der Waals surface area (Å²) < 4.78 is 5.67. The molecule has 0 aliphatic heterocycles. The molecule has 0 aromatic rings. The predicted molar refractivity (Wildman–Crippen MR) is 142 cm³/mol. The first-order valence-electron chi connectivity index (χ1n) is 14.5. The van der Waals surface area contributed by atoms with Crippen LogP contribution in [0, 0.1) is 50.7 Å². The van der Waals surface area contributed by atoms with Gasteiger partial charge in [0.05, 0.1) is 0 Å². The molecular formula is C32H48O4. The van der Waals surface area contributed by atoms with Gasteiger partial charge in [0, 0.05) is 6.92 Å². The Bertz CT molecular complexity index is 1040. The Labute approximate surface area is 218 Å². The van der Waals surface area contributed by atoms with Crippen LogP contribution in [-0.2, 0) is 14.3 Å². The first kappa shape index (κ1) is 26.0. The van der Waals surface area contributed by atoms with E-state index in [9.17, 15) is 14.7 Å². The van der Waals surface area contributed by atoms with Gasteiger partial charge in [0.2, 0.25) is 0 Å². The fourth-order valence-electron chi connectivity index (χ4n) is 10.5. The third-order valence-corrected chi connectivity index (χ3v) is 13.2. The van der Waals surface area contributed by atoms with Crippen LogP contribution in [-0.4, -0.2) is 23.1 Å². The van der Waals surface area contributed by atoms with Gasteiger partial charge in [-0.05, 0) is 104 Å². The van der Waals surface area contributed by atoms with E-state index in [4.69, 9.17) is 4.74 Å². The van der Waals surface area contributed by atoms with E-state index in [-0.39, 0.29) is 28.1 Å². The van der Waals surface area contributed by atoms with Crippen molar-refractivity contribution >= 4 is 11.9 Å². The quantitative estimate of drug-likeness (QED) is 0.400. The van der Waals surface area contributed by atoms with Gasteiger partial charge in [-0.2, -0.15) is 0 Å². The smallest absolute Gasteiger partial charge is 0.313 e. The number of rotatable bonds is 2. The summed E-state index contributed by atoms with van der Waals surface area (Å²) in [5.74, 6) is 0.811. The predicted octanol–water partition coefficient (Wildman–Crippen LogP) is 7.58. The van der Waals surface area contributed by atoms with E-state index in [1.807, 2.05) is 6.92 Å². The van der Waals surface area contributed by atoms with Crippen molar-refractivity contribution in [2.45, 2.75) is 113 Å². The second-order valence-electron chi connectivity index (χ2n) is 14.6. The van der Waals surface area contributed by atoms with Crippen molar-refractivity contribution in [2.75, 3.05) is 0 Å². The molecule has 0 spiro atoms. The molecule has 36 heavy (non-hydrogen) atoms. The first-order chi connectivity index (χ1) is 16.6. The number of hydrogen-bond donors (Lipinski definition) is 1. The van der Waals surface area contributed by atoms with Gasteiger partial charge in [0.15, 0.2) is 0 Å². The maximum Gasteiger partial charge on any atom is 0.313 e. The number of ether oxygens (including phenoxy) is 1. The summed E-state index contributed by atoms with van der Waals surface area (Å²) in [7, 11) is 0. The molecule has 10 atom stereocenters. The van der Waals surface area contributed by atoms with Crippen molar-refractivity contribution in [1.29, 1.82) is 0 Å². The maximum atomic E-state index is 12.8. The number of carboxylic acid groups (broad SMARTS) is 1. The molecule has 0 saturated heterocycles. The van der Waals surface area contributed by atoms with Gasteiger partial charge in [0.25, 0.3) is 0 Å². The number of esters is 1. The van der Waals surface area contributed by atoms with E-state index in [2.05, 4.69) is 53.7 Å². The molecule has 0 heterocycles. The minimum absolute atomic E-state index is 0.0255. The van der Waals surface area contributed by atoms with Crippen LogP contribution in [0.5, 0.6) is 0 Å². The summed E-state index contributed by atoms with van der Waals surface area (Å²) in [6.07, 6.45) is 12.9. The zero-order chi connectivity index (χ0) is 26.5. The van der Waals surface area contributed by atoms with Gasteiger partial charge >= 0.3 is 11.9 Å². The normalized spacial score (nSPS) is 51.9. The Morgan fingerprint density at radius 1 is 0.889 bits per heavy atom. The molecule has 4 heteroatoms. The van der Waals surface area contributed by atoms with Crippen LogP contribution < -0.4 is 0 Å². The van der Waals surface area contributed by atoms with Crippen LogP contribution in [0.15, 0.2) is 23.3 Å². The summed E-state index contributed by atoms with van der Waals surface area (Å²) in [5, 5.41) is 10.5. The molecular weight excluding hydrogens is 448 g/mol. The number of carbonyl (C=O) groups excluding carboxylic acids is 1. The highest BCUT2D eigenvalue weighted by molar-refractivity contribution is 5.77. The number of carboxylic acids is 1. The highest BCUT2D eigenvalue weighted by atomic mass is 16.5. The summed E-state index contributed by atoms with van der Waals surface area (Å²) in [6.45, 7) is 18.1. The summed E-state index contributed by atoms with van der Waals surface area (Å²) in [4.78, 5) is 24.7. The number of aliphatic carboxylic acids is 1. The molecule has 1 N–H and O–H groups in total. The van der Waals surface area contributed by atoms with Gasteiger partial charge in [-0.1, -0.05) is 64.8 Å². The second-order valence-corrected chi connectivity index (χ2v) is 14.6. The molecule has 0 bridgehead atoms. The van der Waals surface area contributed by atoms with Gasteiger partial charge in [0.1, 0.15) is 11.5 Å². The van der Waals surface area contributed by atoms with E-state index in [1.165, 1.54) is 38.2 Å². The van der Waals surface area contributed by atoms with E-state index in [0.29, 0.717) is 23.7 Å². The van der Waals surface area contributed by atoms with Crippen molar-refractivity contribution in [3.63, 3.8) is 0 Å². The molecule has 4 saturated carbocycles. The lowest BCUT2D eigenvalue weighted by Gasteiger charge is -2.68. The first-order valence-corrected chi connectivity index (χ1v) is 14.5. The minimum atomic E-state index is -1.08. The van der Waals surface area contributed by atoms with Crippen LogP contribution in [0.2, 0.25) is 0 Å². The zero-order valence-corrected chi connectivity index (χ0v) is 23.9. The molecule has 0 unspecified atom stereocenters. The highest BCUT2D eigenvalue weighted by Gasteiger charge is 2.68. The summed E-state index contributed by atoms with van der Waals surface area (Å²) >= 11 is 0. The zero-order valence-electron chi connectivity index (χ0n) is 23.9. The van der Waals surface area contributed by atoms with E-state index < -0.39 is 17.5 Å². The SMILES string of the molecule is CC(=O)O[C@@H]1CC[C@]2(C)C3=CC=C4[C@@H]5[C@@H](C)[C@H](C)CC[C@]5(C)CC[C@@]4(C)[C@]3(C)CC[C@H]2[C@@]1(C)C(=O)O. The summed E-state index contributed by atoms with van der Waals surface area (Å²) in [6, 6.07) is 0. The number of fused-ring (bicyclic) bond motifs is 7. The molecule has 4 nitrogen and oxygen atoms in total. The lowest BCUT2D eigenvalue weighted by Crippen LogP contribution is -2.63. The Kier molecular flexibility index (Phi) is 5.76. The standard InChI is InChI=1S/C32H48O4/c1-19-11-14-28(4)17-18-30(6)22(26(28)20(19)2)9-10-23-29(5)15-13-25(36-21(3)33)32(8,27(34)35)24(29)12-16-31(23,30)7/h9-10,19-20,24-26H,11-18H2,1-8H3,(H,34,35)/t19-,20+,24-,25-,26+,28-,29-,30-,31-,32-/m1/s1. The molecule has 0 radical (unpaired) electrons. The average Bonchev–Trinajstić information content (AvgIpc) is 2.79. The van der Waals surface area contributed by atoms with Crippen molar-refractivity contribution in [3.8, 4) is 0 Å². The van der Waals surface area contributed by atoms with E-state index in [0.717, 1.165) is 25.2 Å². The molecule has 200 valence electrons. The largest absolute Gasteiger partial charge is 0.481 e. The van der Waals surface area contributed by atoms with Crippen molar-refractivity contribution in [3.05, 3.63) is 23.3 Å². The summed E-state index contributed by atoms with van der Waals surface area (Å²) in [5.41, 5.74) is 2.37. The van der Waals surface area contributed by atoms with Crippen LogP contribution in [0.4, 0.5) is 0 Å². The van der Waals surface area contributed by atoms with Crippen LogP contribution in [0.3, 0.4) is 0 Å². The Morgan fingerprint density at radius 3 is 2.22 bits per heavy atom. The van der Waals surface area contributed by atoms with Crippen molar-refractivity contribution in [2.24, 2.45) is 50.7 Å². The van der Waals surface area contributed by atoms with Crippen LogP contribution >= 0.6 is 0 Å². The van der Waals surface area contributed by atoms with Crippen molar-refractivity contribution in [1.82, 2.24) is 0 Å². The molecule has 5 rings (SSSR count). The van der Waals surface area contributed by atoms with Crippen LogP contribution in [0.25, 0.3) is 0 Å². The molecule has 0 amide bonds.